The first-order valence-electron chi connectivity index (χ1n) is 9.28. The fourth-order valence-electron chi connectivity index (χ4n) is 3.17. The van der Waals surface area contributed by atoms with E-state index in [1.807, 2.05) is 12.1 Å². The third-order valence-electron chi connectivity index (χ3n) is 4.62. The zero-order valence-electron chi connectivity index (χ0n) is 16.2. The van der Waals surface area contributed by atoms with Gasteiger partial charge in [0.1, 0.15) is 12.4 Å². The van der Waals surface area contributed by atoms with Crippen molar-refractivity contribution in [2.75, 3.05) is 5.32 Å². The summed E-state index contributed by atoms with van der Waals surface area (Å²) in [6.45, 7) is 0.0237. The van der Waals surface area contributed by atoms with Gasteiger partial charge in [-0.25, -0.2) is 9.36 Å². The standard InChI is InChI=1S/C21H17ClN6O3/c22-14-7-5-13(6-8-14)11-27-17(9-10-24-27)25-18(29)12-28-21(31)16-4-2-1-3-15(16)19(26-28)20(23)30/h1-10H,11-12H2,(H2,23,30)(H,25,29). The number of nitrogens with one attached hydrogen (secondary N) is 1. The molecule has 0 aliphatic carbocycles. The highest BCUT2D eigenvalue weighted by atomic mass is 35.5. The molecule has 0 saturated carbocycles. The molecule has 10 heteroatoms. The van der Waals surface area contributed by atoms with Crippen LogP contribution in [-0.2, 0) is 17.9 Å². The summed E-state index contributed by atoms with van der Waals surface area (Å²) in [4.78, 5) is 37.1. The Morgan fingerprint density at radius 3 is 2.42 bits per heavy atom. The first-order chi connectivity index (χ1) is 14.9. The third kappa shape index (κ3) is 4.31. The van der Waals surface area contributed by atoms with Crippen molar-refractivity contribution in [1.82, 2.24) is 19.6 Å². The van der Waals surface area contributed by atoms with Crippen molar-refractivity contribution in [2.24, 2.45) is 5.73 Å². The van der Waals surface area contributed by atoms with Crippen LogP contribution in [0.15, 0.2) is 65.6 Å². The molecule has 0 atom stereocenters. The largest absolute Gasteiger partial charge is 0.364 e. The highest BCUT2D eigenvalue weighted by molar-refractivity contribution is 6.30. The molecule has 3 N–H and O–H groups in total. The number of hydrogen-bond acceptors (Lipinski definition) is 5. The minimum atomic E-state index is -0.786. The van der Waals surface area contributed by atoms with Crippen LogP contribution in [0.4, 0.5) is 5.82 Å². The average molecular weight is 437 g/mol. The molecule has 0 aliphatic rings. The highest BCUT2D eigenvalue weighted by Gasteiger charge is 2.16. The zero-order chi connectivity index (χ0) is 22.0. The maximum absolute atomic E-state index is 12.7. The number of nitrogens with two attached hydrogens (primary N) is 1. The van der Waals surface area contributed by atoms with E-state index in [1.165, 1.54) is 0 Å². The monoisotopic (exact) mass is 436 g/mol. The lowest BCUT2D eigenvalue weighted by Gasteiger charge is -2.11. The van der Waals surface area contributed by atoms with Crippen molar-refractivity contribution in [3.05, 3.63) is 87.4 Å². The Kier molecular flexibility index (Phi) is 5.50. The molecule has 9 nitrogen and oxygen atoms in total. The number of fused-ring (bicyclic) bond motifs is 1. The molecule has 156 valence electrons. The Balaban J connectivity index is 1.56. The van der Waals surface area contributed by atoms with Gasteiger partial charge in [0.25, 0.3) is 11.5 Å². The lowest BCUT2D eigenvalue weighted by Crippen LogP contribution is -2.32. The lowest BCUT2D eigenvalue weighted by molar-refractivity contribution is -0.117. The number of carbonyl (C=O) groups excluding carboxylic acids is 2. The molecular formula is C21H17ClN6O3. The summed E-state index contributed by atoms with van der Waals surface area (Å²) in [5.74, 6) is -0.839. The van der Waals surface area contributed by atoms with Crippen LogP contribution < -0.4 is 16.6 Å². The van der Waals surface area contributed by atoms with E-state index in [0.717, 1.165) is 10.2 Å². The molecule has 0 spiro atoms. The van der Waals surface area contributed by atoms with Gasteiger partial charge in [0, 0.05) is 16.5 Å². The molecule has 4 aromatic rings. The van der Waals surface area contributed by atoms with E-state index in [4.69, 9.17) is 17.3 Å². The smallest absolute Gasteiger partial charge is 0.275 e. The summed E-state index contributed by atoms with van der Waals surface area (Å²) >= 11 is 5.91. The molecule has 0 saturated heterocycles. The second-order valence-electron chi connectivity index (χ2n) is 6.77. The molecule has 2 aromatic carbocycles. The number of hydrogen-bond donors (Lipinski definition) is 2. The fraction of sp³-hybridized carbons (Fsp3) is 0.0952. The molecular weight excluding hydrogens is 420 g/mol. The summed E-state index contributed by atoms with van der Waals surface area (Å²) in [5, 5.41) is 12.2. The van der Waals surface area contributed by atoms with Crippen molar-refractivity contribution in [3.8, 4) is 0 Å². The van der Waals surface area contributed by atoms with Gasteiger partial charge in [-0.3, -0.25) is 14.4 Å². The number of benzene rings is 2. The Morgan fingerprint density at radius 1 is 1.00 bits per heavy atom. The van der Waals surface area contributed by atoms with E-state index in [1.54, 1.807) is 53.3 Å². The Bertz CT molecular complexity index is 1340. The van der Waals surface area contributed by atoms with Crippen LogP contribution in [-0.4, -0.2) is 31.4 Å². The molecule has 2 amide bonds. The number of anilines is 1. The SMILES string of the molecule is NC(=O)c1nn(CC(=O)Nc2ccnn2Cc2ccc(Cl)cc2)c(=O)c2ccccc12. The van der Waals surface area contributed by atoms with E-state index in [0.29, 0.717) is 22.8 Å². The summed E-state index contributed by atoms with van der Waals surface area (Å²) in [5.41, 5.74) is 5.78. The van der Waals surface area contributed by atoms with Gasteiger partial charge < -0.3 is 11.1 Å². The van der Waals surface area contributed by atoms with E-state index >= 15 is 0 Å². The van der Waals surface area contributed by atoms with E-state index in [-0.39, 0.29) is 11.1 Å². The normalized spacial score (nSPS) is 10.9. The van der Waals surface area contributed by atoms with Gasteiger partial charge in [0.15, 0.2) is 5.69 Å². The van der Waals surface area contributed by atoms with Gasteiger partial charge in [-0.2, -0.15) is 10.2 Å². The molecule has 0 unspecified atom stereocenters. The number of halogens is 1. The van der Waals surface area contributed by atoms with Gasteiger partial charge in [-0.05, 0) is 23.8 Å². The number of nitrogens with zero attached hydrogens (tertiary/aromatic N) is 4. The highest BCUT2D eigenvalue weighted by Crippen LogP contribution is 2.15. The van der Waals surface area contributed by atoms with Crippen LogP contribution in [0.3, 0.4) is 0 Å². The van der Waals surface area contributed by atoms with Crippen molar-refractivity contribution in [2.45, 2.75) is 13.1 Å². The van der Waals surface area contributed by atoms with E-state index in [2.05, 4.69) is 15.5 Å². The molecule has 0 fully saturated rings. The van der Waals surface area contributed by atoms with Gasteiger partial charge >= 0.3 is 0 Å². The average Bonchev–Trinajstić information content (AvgIpc) is 3.18. The summed E-state index contributed by atoms with van der Waals surface area (Å²) in [6.07, 6.45) is 1.55. The van der Waals surface area contributed by atoms with Crippen molar-refractivity contribution < 1.29 is 9.59 Å². The van der Waals surface area contributed by atoms with Gasteiger partial charge in [0.05, 0.1) is 18.1 Å². The minimum absolute atomic E-state index is 0.0734. The molecule has 31 heavy (non-hydrogen) atoms. The summed E-state index contributed by atoms with van der Waals surface area (Å²) in [7, 11) is 0. The first kappa shape index (κ1) is 20.3. The van der Waals surface area contributed by atoms with Crippen LogP contribution in [0.1, 0.15) is 16.1 Å². The third-order valence-corrected chi connectivity index (χ3v) is 4.88. The summed E-state index contributed by atoms with van der Waals surface area (Å²) in [6, 6.07) is 15.4. The molecule has 2 aromatic heterocycles. The maximum atomic E-state index is 12.7. The van der Waals surface area contributed by atoms with Crippen LogP contribution >= 0.6 is 11.6 Å². The Morgan fingerprint density at radius 2 is 1.71 bits per heavy atom. The molecule has 0 radical (unpaired) electrons. The number of aromatic nitrogens is 4. The number of carbonyl (C=O) groups is 2. The predicted molar refractivity (Wildman–Crippen MR) is 116 cm³/mol. The number of rotatable bonds is 6. The van der Waals surface area contributed by atoms with Crippen molar-refractivity contribution >= 4 is 40.0 Å². The quantitative estimate of drug-likeness (QED) is 0.478. The zero-order valence-corrected chi connectivity index (χ0v) is 16.9. The van der Waals surface area contributed by atoms with Crippen molar-refractivity contribution in [3.63, 3.8) is 0 Å². The van der Waals surface area contributed by atoms with Crippen LogP contribution in [0.25, 0.3) is 10.8 Å². The maximum Gasteiger partial charge on any atom is 0.275 e. The first-order valence-corrected chi connectivity index (χ1v) is 9.66. The Labute approximate surface area is 181 Å². The van der Waals surface area contributed by atoms with E-state index < -0.39 is 23.9 Å². The van der Waals surface area contributed by atoms with Crippen LogP contribution in [0, 0.1) is 0 Å². The predicted octanol–water partition coefficient (Wildman–Crippen LogP) is 2.03. The van der Waals surface area contributed by atoms with E-state index in [9.17, 15) is 14.4 Å². The van der Waals surface area contributed by atoms with Crippen LogP contribution in [0.2, 0.25) is 5.02 Å². The molecule has 0 aliphatic heterocycles. The van der Waals surface area contributed by atoms with Crippen LogP contribution in [0.5, 0.6) is 0 Å². The van der Waals surface area contributed by atoms with Gasteiger partial charge in [-0.15, -0.1) is 0 Å². The minimum Gasteiger partial charge on any atom is -0.364 e. The van der Waals surface area contributed by atoms with Crippen molar-refractivity contribution in [1.29, 1.82) is 0 Å². The fourth-order valence-corrected chi connectivity index (χ4v) is 3.30. The second-order valence-corrected chi connectivity index (χ2v) is 7.21. The molecule has 0 bridgehead atoms. The molecule has 2 heterocycles. The molecule has 4 rings (SSSR count). The topological polar surface area (TPSA) is 125 Å². The second kappa shape index (κ2) is 8.41. The Hall–Kier alpha value is -3.98. The van der Waals surface area contributed by atoms with Gasteiger partial charge in [0.2, 0.25) is 5.91 Å². The lowest BCUT2D eigenvalue weighted by atomic mass is 10.1. The number of primary amides is 1. The summed E-state index contributed by atoms with van der Waals surface area (Å²) < 4.78 is 2.53. The van der Waals surface area contributed by atoms with Gasteiger partial charge in [-0.1, -0.05) is 41.9 Å². The number of amides is 2.